The minimum atomic E-state index is 0. The van der Waals surface area contributed by atoms with Crippen LogP contribution < -0.4 is 5.32 Å². The summed E-state index contributed by atoms with van der Waals surface area (Å²) in [6.45, 7) is 3.28. The topological polar surface area (TPSA) is 12.0 Å². The van der Waals surface area contributed by atoms with Crippen LogP contribution in [0.5, 0.6) is 0 Å². The fourth-order valence-electron chi connectivity index (χ4n) is 2.15. The lowest BCUT2D eigenvalue weighted by molar-refractivity contribution is 0.411. The zero-order valence-corrected chi connectivity index (χ0v) is 10.5. The first-order chi connectivity index (χ1) is 6.77. The molecule has 1 aromatic carbocycles. The Morgan fingerprint density at radius 3 is 2.73 bits per heavy atom. The summed E-state index contributed by atoms with van der Waals surface area (Å²) in [5, 5.41) is 4.39. The van der Waals surface area contributed by atoms with Crippen LogP contribution in [0.15, 0.2) is 18.2 Å². The molecule has 0 aliphatic carbocycles. The standard InChI is InChI=1S/C12H16ClN.ClH/c1-9-8-10(13)5-6-11(9)12-4-2-3-7-14-12;/h5-6,8,12,14H,2-4,7H2,1H3;1H/t12-;/m1./s1. The van der Waals surface area contributed by atoms with E-state index in [1.54, 1.807) is 0 Å². The second kappa shape index (κ2) is 5.74. The summed E-state index contributed by atoms with van der Waals surface area (Å²) >= 11 is 5.94. The lowest BCUT2D eigenvalue weighted by Gasteiger charge is -2.25. The molecule has 1 nitrogen and oxygen atoms in total. The molecule has 0 bridgehead atoms. The highest BCUT2D eigenvalue weighted by Crippen LogP contribution is 2.27. The van der Waals surface area contributed by atoms with Crippen LogP contribution in [0, 0.1) is 6.92 Å². The molecule has 0 radical (unpaired) electrons. The van der Waals surface area contributed by atoms with Crippen LogP contribution in [0.3, 0.4) is 0 Å². The average molecular weight is 246 g/mol. The van der Waals surface area contributed by atoms with Gasteiger partial charge in [-0.05, 0) is 49.6 Å². The Bertz CT molecular complexity index is 319. The third-order valence-electron chi connectivity index (χ3n) is 2.92. The van der Waals surface area contributed by atoms with Gasteiger partial charge in [0.1, 0.15) is 0 Å². The van der Waals surface area contributed by atoms with E-state index >= 15 is 0 Å². The molecule has 1 N–H and O–H groups in total. The van der Waals surface area contributed by atoms with Gasteiger partial charge >= 0.3 is 0 Å². The van der Waals surface area contributed by atoms with E-state index in [2.05, 4.69) is 18.3 Å². The third-order valence-corrected chi connectivity index (χ3v) is 3.15. The molecule has 1 fully saturated rings. The van der Waals surface area contributed by atoms with Crippen LogP contribution in [0.25, 0.3) is 0 Å². The monoisotopic (exact) mass is 245 g/mol. The summed E-state index contributed by atoms with van der Waals surface area (Å²) in [6, 6.07) is 6.73. The van der Waals surface area contributed by atoms with Crippen molar-refractivity contribution in [1.29, 1.82) is 0 Å². The number of benzene rings is 1. The van der Waals surface area contributed by atoms with Crippen molar-refractivity contribution < 1.29 is 0 Å². The fraction of sp³-hybridized carbons (Fsp3) is 0.500. The summed E-state index contributed by atoms with van der Waals surface area (Å²) in [5.41, 5.74) is 2.71. The average Bonchev–Trinajstić information content (AvgIpc) is 2.19. The van der Waals surface area contributed by atoms with Gasteiger partial charge in [-0.3, -0.25) is 0 Å². The predicted molar refractivity (Wildman–Crippen MR) is 68.0 cm³/mol. The summed E-state index contributed by atoms with van der Waals surface area (Å²) in [6.07, 6.45) is 3.89. The number of halogens is 2. The van der Waals surface area contributed by atoms with Gasteiger partial charge in [-0.1, -0.05) is 24.1 Å². The number of nitrogens with one attached hydrogen (secondary N) is 1. The molecule has 1 aliphatic heterocycles. The number of hydrogen-bond acceptors (Lipinski definition) is 1. The van der Waals surface area contributed by atoms with Gasteiger partial charge in [0, 0.05) is 11.1 Å². The molecule has 2 rings (SSSR count). The predicted octanol–water partition coefficient (Wildman–Crippen LogP) is 3.88. The number of aryl methyl sites for hydroxylation is 1. The molecule has 3 heteroatoms. The van der Waals surface area contributed by atoms with Crippen molar-refractivity contribution in [2.24, 2.45) is 0 Å². The fourth-order valence-corrected chi connectivity index (χ4v) is 2.37. The highest BCUT2D eigenvalue weighted by atomic mass is 35.5. The zero-order valence-electron chi connectivity index (χ0n) is 8.92. The second-order valence-electron chi connectivity index (χ2n) is 4.00. The Hall–Kier alpha value is -0.240. The molecule has 1 aromatic rings. The Balaban J connectivity index is 0.00000112. The minimum absolute atomic E-state index is 0. The van der Waals surface area contributed by atoms with Crippen LogP contribution in [-0.4, -0.2) is 6.54 Å². The molecule has 0 amide bonds. The molecule has 0 aromatic heterocycles. The van der Waals surface area contributed by atoms with Gasteiger partial charge in [-0.2, -0.15) is 0 Å². The molecule has 1 heterocycles. The van der Waals surface area contributed by atoms with Crippen LogP contribution in [0.2, 0.25) is 5.02 Å². The van der Waals surface area contributed by atoms with Crippen molar-refractivity contribution in [3.8, 4) is 0 Å². The maximum absolute atomic E-state index is 5.94. The maximum atomic E-state index is 5.94. The van der Waals surface area contributed by atoms with Gasteiger partial charge in [-0.25, -0.2) is 0 Å². The smallest absolute Gasteiger partial charge is 0.0408 e. The number of piperidine rings is 1. The van der Waals surface area contributed by atoms with E-state index in [9.17, 15) is 0 Å². The van der Waals surface area contributed by atoms with E-state index in [-0.39, 0.29) is 12.4 Å². The third kappa shape index (κ3) is 3.10. The van der Waals surface area contributed by atoms with Crippen molar-refractivity contribution in [3.05, 3.63) is 34.3 Å². The molecule has 0 saturated carbocycles. The molecule has 0 unspecified atom stereocenters. The normalized spacial score (nSPS) is 20.8. The number of hydrogen-bond donors (Lipinski definition) is 1. The first-order valence-corrected chi connectivity index (χ1v) is 5.64. The van der Waals surface area contributed by atoms with E-state index < -0.39 is 0 Å². The van der Waals surface area contributed by atoms with E-state index in [1.165, 1.54) is 30.4 Å². The highest BCUT2D eigenvalue weighted by Gasteiger charge is 2.15. The van der Waals surface area contributed by atoms with E-state index in [0.29, 0.717) is 6.04 Å². The molecule has 84 valence electrons. The van der Waals surface area contributed by atoms with Gasteiger partial charge in [0.25, 0.3) is 0 Å². The van der Waals surface area contributed by atoms with Crippen molar-refractivity contribution >= 4 is 24.0 Å². The molecular formula is C12H17Cl2N. The molecule has 1 saturated heterocycles. The summed E-state index contributed by atoms with van der Waals surface area (Å²) in [4.78, 5) is 0. The van der Waals surface area contributed by atoms with Crippen molar-refractivity contribution in [1.82, 2.24) is 5.32 Å². The molecule has 15 heavy (non-hydrogen) atoms. The van der Waals surface area contributed by atoms with E-state index in [4.69, 9.17) is 11.6 Å². The van der Waals surface area contributed by atoms with Gasteiger partial charge in [0.15, 0.2) is 0 Å². The molecule has 0 spiro atoms. The van der Waals surface area contributed by atoms with Crippen molar-refractivity contribution in [2.45, 2.75) is 32.2 Å². The summed E-state index contributed by atoms with van der Waals surface area (Å²) in [5.74, 6) is 0. The van der Waals surface area contributed by atoms with Crippen LogP contribution in [0.4, 0.5) is 0 Å². The van der Waals surface area contributed by atoms with Crippen molar-refractivity contribution in [2.75, 3.05) is 6.54 Å². The van der Waals surface area contributed by atoms with Gasteiger partial charge in [0.2, 0.25) is 0 Å². The maximum Gasteiger partial charge on any atom is 0.0408 e. The minimum Gasteiger partial charge on any atom is -0.310 e. The van der Waals surface area contributed by atoms with Gasteiger partial charge in [-0.15, -0.1) is 12.4 Å². The van der Waals surface area contributed by atoms with E-state index in [0.717, 1.165) is 11.6 Å². The SMILES string of the molecule is Cc1cc(Cl)ccc1[C@H]1CCCCN1.Cl. The zero-order chi connectivity index (χ0) is 9.97. The summed E-state index contributed by atoms with van der Waals surface area (Å²) < 4.78 is 0. The Morgan fingerprint density at radius 1 is 1.33 bits per heavy atom. The quantitative estimate of drug-likeness (QED) is 0.792. The Labute approximate surface area is 103 Å². The first-order valence-electron chi connectivity index (χ1n) is 5.27. The van der Waals surface area contributed by atoms with Gasteiger partial charge in [0.05, 0.1) is 0 Å². The molecule has 1 atom stereocenters. The lowest BCUT2D eigenvalue weighted by atomic mass is 9.94. The Morgan fingerprint density at radius 2 is 2.13 bits per heavy atom. The van der Waals surface area contributed by atoms with Crippen molar-refractivity contribution in [3.63, 3.8) is 0 Å². The Kier molecular flexibility index (Phi) is 4.91. The summed E-state index contributed by atoms with van der Waals surface area (Å²) in [7, 11) is 0. The lowest BCUT2D eigenvalue weighted by Crippen LogP contribution is -2.27. The largest absolute Gasteiger partial charge is 0.310 e. The van der Waals surface area contributed by atoms with Crippen LogP contribution in [0.1, 0.15) is 36.4 Å². The second-order valence-corrected chi connectivity index (χ2v) is 4.44. The van der Waals surface area contributed by atoms with Crippen LogP contribution in [-0.2, 0) is 0 Å². The van der Waals surface area contributed by atoms with Crippen LogP contribution >= 0.6 is 24.0 Å². The number of rotatable bonds is 1. The first kappa shape index (κ1) is 12.8. The van der Waals surface area contributed by atoms with E-state index in [1.807, 2.05) is 12.1 Å². The van der Waals surface area contributed by atoms with Gasteiger partial charge < -0.3 is 5.32 Å². The highest BCUT2D eigenvalue weighted by molar-refractivity contribution is 6.30. The molecule has 1 aliphatic rings. The molecular weight excluding hydrogens is 229 g/mol.